The summed E-state index contributed by atoms with van der Waals surface area (Å²) in [6, 6.07) is 5.26. The Balaban J connectivity index is 2.63. The van der Waals surface area contributed by atoms with E-state index < -0.39 is 0 Å². The molecule has 0 aliphatic rings. The zero-order chi connectivity index (χ0) is 12.0. The fourth-order valence-corrected chi connectivity index (χ4v) is 1.70. The van der Waals surface area contributed by atoms with Crippen LogP contribution in [0.4, 0.5) is 5.69 Å². The molecule has 0 spiro atoms. The third-order valence-corrected chi connectivity index (χ3v) is 2.99. The summed E-state index contributed by atoms with van der Waals surface area (Å²) < 4.78 is 0.651. The predicted molar refractivity (Wildman–Crippen MR) is 70.3 cm³/mol. The predicted octanol–water partition coefficient (Wildman–Crippen LogP) is 2.73. The molecule has 1 aromatic rings. The third kappa shape index (κ3) is 3.38. The van der Waals surface area contributed by atoms with Crippen LogP contribution in [-0.4, -0.2) is 12.5 Å². The van der Waals surface area contributed by atoms with Gasteiger partial charge in [0.05, 0.1) is 10.0 Å². The van der Waals surface area contributed by atoms with Crippen LogP contribution >= 0.6 is 15.9 Å². The number of carbonyl (C=O) groups excluding carboxylic acids is 1. The van der Waals surface area contributed by atoms with Crippen LogP contribution < -0.4 is 11.1 Å². The van der Waals surface area contributed by atoms with Crippen molar-refractivity contribution >= 4 is 27.5 Å². The standard InChI is InChI=1S/C12H15BrN2O/c1-2-3-4-8-15-12(16)9-6-5-7-10(14)11(9)13/h2-3,5-7H,4,8,14H2,1H3,(H,15,16)/b3-2+. The van der Waals surface area contributed by atoms with E-state index in [2.05, 4.69) is 21.2 Å². The molecule has 1 amide bonds. The highest BCUT2D eigenvalue weighted by molar-refractivity contribution is 9.10. The maximum Gasteiger partial charge on any atom is 0.252 e. The summed E-state index contributed by atoms with van der Waals surface area (Å²) in [5, 5.41) is 2.83. The number of nitrogen functional groups attached to an aromatic ring is 1. The summed E-state index contributed by atoms with van der Waals surface area (Å²) in [6.07, 6.45) is 4.80. The van der Waals surface area contributed by atoms with E-state index in [9.17, 15) is 4.79 Å². The van der Waals surface area contributed by atoms with E-state index in [1.165, 1.54) is 0 Å². The lowest BCUT2D eigenvalue weighted by Gasteiger charge is -2.07. The van der Waals surface area contributed by atoms with Crippen molar-refractivity contribution in [1.29, 1.82) is 0 Å². The Hall–Kier alpha value is -1.29. The van der Waals surface area contributed by atoms with Crippen molar-refractivity contribution in [2.45, 2.75) is 13.3 Å². The number of amides is 1. The summed E-state index contributed by atoms with van der Waals surface area (Å²) in [4.78, 5) is 11.8. The van der Waals surface area contributed by atoms with Crippen LogP contribution in [0.15, 0.2) is 34.8 Å². The van der Waals surface area contributed by atoms with Gasteiger partial charge < -0.3 is 11.1 Å². The lowest BCUT2D eigenvalue weighted by atomic mass is 10.2. The van der Waals surface area contributed by atoms with Crippen molar-refractivity contribution in [2.75, 3.05) is 12.3 Å². The second kappa shape index (κ2) is 6.33. The van der Waals surface area contributed by atoms with Gasteiger partial charge in [-0.25, -0.2) is 0 Å². The van der Waals surface area contributed by atoms with Gasteiger partial charge in [0.15, 0.2) is 0 Å². The van der Waals surface area contributed by atoms with Crippen LogP contribution in [0.2, 0.25) is 0 Å². The smallest absolute Gasteiger partial charge is 0.252 e. The summed E-state index contributed by atoms with van der Waals surface area (Å²) >= 11 is 3.30. The lowest BCUT2D eigenvalue weighted by Crippen LogP contribution is -2.24. The molecule has 0 fully saturated rings. The first-order valence-electron chi connectivity index (χ1n) is 5.10. The monoisotopic (exact) mass is 282 g/mol. The Bertz CT molecular complexity index is 402. The normalized spacial score (nSPS) is 10.6. The number of nitrogens with one attached hydrogen (secondary N) is 1. The Morgan fingerprint density at radius 1 is 1.56 bits per heavy atom. The first-order valence-corrected chi connectivity index (χ1v) is 5.89. The van der Waals surface area contributed by atoms with Crippen molar-refractivity contribution in [2.24, 2.45) is 0 Å². The van der Waals surface area contributed by atoms with Gasteiger partial charge in [-0.05, 0) is 41.4 Å². The highest BCUT2D eigenvalue weighted by Crippen LogP contribution is 2.23. The van der Waals surface area contributed by atoms with Gasteiger partial charge >= 0.3 is 0 Å². The molecule has 0 atom stereocenters. The van der Waals surface area contributed by atoms with Crippen LogP contribution in [-0.2, 0) is 0 Å². The topological polar surface area (TPSA) is 55.1 Å². The molecule has 0 aliphatic heterocycles. The van der Waals surface area contributed by atoms with Gasteiger partial charge in [0.25, 0.3) is 5.91 Å². The molecule has 0 saturated carbocycles. The van der Waals surface area contributed by atoms with Gasteiger partial charge in [-0.3, -0.25) is 4.79 Å². The van der Waals surface area contributed by atoms with Crippen LogP contribution in [0.1, 0.15) is 23.7 Å². The van der Waals surface area contributed by atoms with E-state index in [0.717, 1.165) is 6.42 Å². The number of hydrogen-bond donors (Lipinski definition) is 2. The van der Waals surface area contributed by atoms with Crippen molar-refractivity contribution in [3.63, 3.8) is 0 Å². The van der Waals surface area contributed by atoms with Crippen LogP contribution in [0.3, 0.4) is 0 Å². The maximum absolute atomic E-state index is 11.8. The lowest BCUT2D eigenvalue weighted by molar-refractivity contribution is 0.0953. The molecule has 0 saturated heterocycles. The molecule has 0 heterocycles. The molecule has 3 N–H and O–H groups in total. The SMILES string of the molecule is C/C=C/CCNC(=O)c1cccc(N)c1Br. The number of anilines is 1. The number of halogens is 1. The first kappa shape index (κ1) is 12.8. The fourth-order valence-electron chi connectivity index (χ4n) is 1.26. The number of hydrogen-bond acceptors (Lipinski definition) is 2. The average molecular weight is 283 g/mol. The molecular formula is C12H15BrN2O. The molecule has 1 aromatic carbocycles. The number of rotatable bonds is 4. The average Bonchev–Trinajstić information content (AvgIpc) is 2.28. The van der Waals surface area contributed by atoms with E-state index >= 15 is 0 Å². The third-order valence-electron chi connectivity index (χ3n) is 2.11. The van der Waals surface area contributed by atoms with Crippen LogP contribution in [0.25, 0.3) is 0 Å². The van der Waals surface area contributed by atoms with Crippen molar-refractivity contribution in [3.8, 4) is 0 Å². The molecule has 0 unspecified atom stereocenters. The minimum atomic E-state index is -0.108. The van der Waals surface area contributed by atoms with Gasteiger partial charge in [-0.2, -0.15) is 0 Å². The van der Waals surface area contributed by atoms with Crippen molar-refractivity contribution in [1.82, 2.24) is 5.32 Å². The second-order valence-electron chi connectivity index (χ2n) is 3.32. The molecule has 0 bridgehead atoms. The molecule has 0 aliphatic carbocycles. The van der Waals surface area contributed by atoms with E-state index in [-0.39, 0.29) is 5.91 Å². The number of nitrogens with two attached hydrogens (primary N) is 1. The second-order valence-corrected chi connectivity index (χ2v) is 4.12. The maximum atomic E-state index is 11.8. The van der Waals surface area contributed by atoms with Crippen molar-refractivity contribution in [3.05, 3.63) is 40.4 Å². The largest absolute Gasteiger partial charge is 0.398 e. The van der Waals surface area contributed by atoms with Gasteiger partial charge in [-0.1, -0.05) is 18.2 Å². The molecular weight excluding hydrogens is 268 g/mol. The zero-order valence-corrected chi connectivity index (χ0v) is 10.8. The molecule has 1 rings (SSSR count). The number of allylic oxidation sites excluding steroid dienone is 1. The summed E-state index contributed by atoms with van der Waals surface area (Å²) in [5.41, 5.74) is 6.84. The number of benzene rings is 1. The molecule has 0 radical (unpaired) electrons. The van der Waals surface area contributed by atoms with Gasteiger partial charge in [0.2, 0.25) is 0 Å². The summed E-state index contributed by atoms with van der Waals surface area (Å²) in [5.74, 6) is -0.108. The van der Waals surface area contributed by atoms with E-state index in [1.54, 1.807) is 18.2 Å². The van der Waals surface area contributed by atoms with E-state index in [4.69, 9.17) is 5.73 Å². The Morgan fingerprint density at radius 2 is 2.31 bits per heavy atom. The Labute approximate surface area is 104 Å². The van der Waals surface area contributed by atoms with Gasteiger partial charge in [0, 0.05) is 12.2 Å². The van der Waals surface area contributed by atoms with Crippen LogP contribution in [0, 0.1) is 0 Å². The molecule has 3 nitrogen and oxygen atoms in total. The van der Waals surface area contributed by atoms with Crippen molar-refractivity contribution < 1.29 is 4.79 Å². The minimum Gasteiger partial charge on any atom is -0.398 e. The highest BCUT2D eigenvalue weighted by Gasteiger charge is 2.10. The van der Waals surface area contributed by atoms with Crippen LogP contribution in [0.5, 0.6) is 0 Å². The van der Waals surface area contributed by atoms with E-state index in [0.29, 0.717) is 22.3 Å². The summed E-state index contributed by atoms with van der Waals surface area (Å²) in [7, 11) is 0. The molecule has 0 aromatic heterocycles. The molecule has 16 heavy (non-hydrogen) atoms. The minimum absolute atomic E-state index is 0.108. The van der Waals surface area contributed by atoms with Gasteiger partial charge in [0.1, 0.15) is 0 Å². The Morgan fingerprint density at radius 3 is 3.00 bits per heavy atom. The fraction of sp³-hybridized carbons (Fsp3) is 0.250. The first-order chi connectivity index (χ1) is 7.66. The summed E-state index contributed by atoms with van der Waals surface area (Å²) in [6.45, 7) is 2.58. The Kier molecular flexibility index (Phi) is 5.05. The zero-order valence-electron chi connectivity index (χ0n) is 9.16. The molecule has 86 valence electrons. The van der Waals surface area contributed by atoms with Gasteiger partial charge in [-0.15, -0.1) is 0 Å². The highest BCUT2D eigenvalue weighted by atomic mass is 79.9. The number of carbonyl (C=O) groups is 1. The quantitative estimate of drug-likeness (QED) is 0.507. The van der Waals surface area contributed by atoms with E-state index in [1.807, 2.05) is 19.1 Å². The molecule has 4 heteroatoms.